The number of allylic oxidation sites excluding steroid dienone is 8. The van der Waals surface area contributed by atoms with Crippen LogP contribution in [0.5, 0.6) is 0 Å². The number of nitrogens with one attached hydrogen (secondary N) is 1. The van der Waals surface area contributed by atoms with Crippen molar-refractivity contribution in [1.29, 1.82) is 0 Å². The van der Waals surface area contributed by atoms with E-state index in [0.717, 1.165) is 0 Å². The first kappa shape index (κ1) is 28.3. The van der Waals surface area contributed by atoms with Gasteiger partial charge in [-0.2, -0.15) is 5.01 Å². The molecule has 0 bridgehead atoms. The molecule has 0 aromatic rings. The van der Waals surface area contributed by atoms with Crippen LogP contribution in [0.2, 0.25) is 0 Å². The molecule has 0 saturated heterocycles. The van der Waals surface area contributed by atoms with E-state index in [2.05, 4.69) is 10.6 Å². The van der Waals surface area contributed by atoms with E-state index < -0.39 is 22.8 Å². The zero-order valence-electron chi connectivity index (χ0n) is 18.5. The molecule has 2 aliphatic carbocycles. The minimum absolute atomic E-state index is 0. The molecule has 2 amide bonds. The first-order valence-electron chi connectivity index (χ1n) is 10.4. The highest BCUT2D eigenvalue weighted by molar-refractivity contribution is 6.18. The van der Waals surface area contributed by atoms with Gasteiger partial charge in [-0.25, -0.2) is 13.6 Å². The van der Waals surface area contributed by atoms with Crippen molar-refractivity contribution in [2.24, 2.45) is 10.7 Å². The third-order valence-corrected chi connectivity index (χ3v) is 6.18. The van der Waals surface area contributed by atoms with Crippen LogP contribution in [-0.4, -0.2) is 66.9 Å². The molecule has 1 N–H and O–H groups in total. The third-order valence-electron chi connectivity index (χ3n) is 6.02. The Kier molecular flexibility index (Phi) is 11.0. The zero-order chi connectivity index (χ0) is 23.0. The van der Waals surface area contributed by atoms with E-state index in [4.69, 9.17) is 11.6 Å². The van der Waals surface area contributed by atoms with Gasteiger partial charge in [0.15, 0.2) is 0 Å². The molecule has 0 aromatic heterocycles. The third kappa shape index (κ3) is 6.17. The lowest BCUT2D eigenvalue weighted by molar-refractivity contribution is -0.0802. The van der Waals surface area contributed by atoms with Crippen LogP contribution in [-0.2, 0) is 0 Å². The molecule has 0 radical (unpaired) electrons. The molecule has 0 aliphatic heterocycles. The average molecular weight is 493 g/mol. The highest BCUT2D eigenvalue weighted by Crippen LogP contribution is 2.55. The standard InChI is InChI=1S/C22H31ClF2N4O2.ClH/c1-28(2)16-9-10-20(21(24)11-5-3-6-12-21,22(25)13-7-4-8-14-22)18-26-19(30)29(27-31)17-15-23;/h3-8,11,13H,9-10,12,14-18H2,1-2H3,(H,26,30);1H. The van der Waals surface area contributed by atoms with Gasteiger partial charge in [-0.1, -0.05) is 36.5 Å². The van der Waals surface area contributed by atoms with E-state index in [1.54, 1.807) is 36.5 Å². The minimum atomic E-state index is -2.04. The highest BCUT2D eigenvalue weighted by Gasteiger charge is 2.62. The largest absolute Gasteiger partial charge is 0.340 e. The van der Waals surface area contributed by atoms with Gasteiger partial charge < -0.3 is 10.2 Å². The number of nitroso groups, excluding NO2 is 1. The van der Waals surface area contributed by atoms with Gasteiger partial charge in [0.1, 0.15) is 11.3 Å². The second-order valence-corrected chi connectivity index (χ2v) is 8.63. The summed E-state index contributed by atoms with van der Waals surface area (Å²) in [5.41, 5.74) is -5.70. The molecule has 2 atom stereocenters. The summed E-state index contributed by atoms with van der Waals surface area (Å²) < 4.78 is 33.2. The molecule has 0 spiro atoms. The number of hydrogen-bond acceptors (Lipinski definition) is 4. The molecule has 0 aromatic carbocycles. The molecule has 32 heavy (non-hydrogen) atoms. The van der Waals surface area contributed by atoms with E-state index in [0.29, 0.717) is 18.0 Å². The van der Waals surface area contributed by atoms with Crippen LogP contribution in [0.1, 0.15) is 25.7 Å². The number of hydrogen-bond donors (Lipinski definition) is 1. The molecular formula is C22H32Cl2F2N4O2. The van der Waals surface area contributed by atoms with Gasteiger partial charge in [-0.05, 0) is 45.6 Å². The van der Waals surface area contributed by atoms with Crippen molar-refractivity contribution in [3.05, 3.63) is 53.5 Å². The van der Waals surface area contributed by atoms with Crippen LogP contribution in [0.25, 0.3) is 0 Å². The quantitative estimate of drug-likeness (QED) is 0.247. The maximum absolute atomic E-state index is 16.6. The normalized spacial score (nSPS) is 25.8. The number of nitrogens with zero attached hydrogens (tertiary/aromatic N) is 3. The van der Waals surface area contributed by atoms with Gasteiger partial charge in [0.2, 0.25) is 0 Å². The summed E-state index contributed by atoms with van der Waals surface area (Å²) in [6, 6.07) is -0.828. The molecule has 180 valence electrons. The Morgan fingerprint density at radius 2 is 1.66 bits per heavy atom. The summed E-state index contributed by atoms with van der Waals surface area (Å²) in [5, 5.41) is 5.86. The van der Waals surface area contributed by atoms with E-state index in [9.17, 15) is 9.70 Å². The Labute approximate surface area is 199 Å². The fourth-order valence-corrected chi connectivity index (χ4v) is 4.48. The van der Waals surface area contributed by atoms with Gasteiger partial charge >= 0.3 is 6.03 Å². The van der Waals surface area contributed by atoms with E-state index in [-0.39, 0.29) is 50.6 Å². The molecule has 2 aliphatic rings. The number of rotatable bonds is 11. The number of alkyl halides is 3. The highest BCUT2D eigenvalue weighted by atomic mass is 35.5. The van der Waals surface area contributed by atoms with E-state index in [1.807, 2.05) is 19.0 Å². The number of halogens is 4. The zero-order valence-corrected chi connectivity index (χ0v) is 20.0. The first-order chi connectivity index (χ1) is 14.7. The van der Waals surface area contributed by atoms with Crippen molar-refractivity contribution in [1.82, 2.24) is 15.2 Å². The summed E-state index contributed by atoms with van der Waals surface area (Å²) >= 11 is 5.62. The van der Waals surface area contributed by atoms with Crippen molar-refractivity contribution in [3.8, 4) is 0 Å². The number of amides is 2. The van der Waals surface area contributed by atoms with Gasteiger partial charge in [0.25, 0.3) is 0 Å². The Morgan fingerprint density at radius 1 is 1.09 bits per heavy atom. The van der Waals surface area contributed by atoms with Crippen LogP contribution in [0.4, 0.5) is 13.6 Å². The second-order valence-electron chi connectivity index (χ2n) is 8.25. The molecule has 0 saturated carbocycles. The van der Waals surface area contributed by atoms with Gasteiger partial charge in [0.05, 0.1) is 17.2 Å². The Balaban J connectivity index is 0.00000512. The monoisotopic (exact) mass is 492 g/mol. The van der Waals surface area contributed by atoms with Crippen molar-refractivity contribution in [3.63, 3.8) is 0 Å². The predicted octanol–water partition coefficient (Wildman–Crippen LogP) is 5.12. The SMILES string of the molecule is CN(C)CCCC(CNC(=O)N(CCCl)N=O)(C1(F)C=CC=CC1)C1(F)C=CC=CC1.Cl. The first-order valence-corrected chi connectivity index (χ1v) is 10.9. The minimum Gasteiger partial charge on any atom is -0.336 e. The fraction of sp³-hybridized carbons (Fsp3) is 0.591. The van der Waals surface area contributed by atoms with Crippen LogP contribution in [0, 0.1) is 10.3 Å². The van der Waals surface area contributed by atoms with Gasteiger partial charge in [-0.3, -0.25) is 0 Å². The maximum Gasteiger partial charge on any atom is 0.340 e. The van der Waals surface area contributed by atoms with Gasteiger partial charge in [0, 0.05) is 25.3 Å². The molecule has 2 rings (SSSR count). The van der Waals surface area contributed by atoms with E-state index in [1.165, 1.54) is 12.2 Å². The predicted molar refractivity (Wildman–Crippen MR) is 128 cm³/mol. The second kappa shape index (κ2) is 12.5. The van der Waals surface area contributed by atoms with Crippen molar-refractivity contribution in [2.75, 3.05) is 39.6 Å². The number of carbonyl (C=O) groups is 1. The van der Waals surface area contributed by atoms with Crippen LogP contribution >= 0.6 is 24.0 Å². The average Bonchev–Trinajstić information content (AvgIpc) is 2.74. The lowest BCUT2D eigenvalue weighted by atomic mass is 9.57. The van der Waals surface area contributed by atoms with Crippen LogP contribution in [0.3, 0.4) is 0 Å². The Bertz CT molecular complexity index is 724. The van der Waals surface area contributed by atoms with E-state index >= 15 is 8.78 Å². The molecule has 6 nitrogen and oxygen atoms in total. The van der Waals surface area contributed by atoms with Crippen molar-refractivity contribution >= 4 is 30.0 Å². The fourth-order valence-electron chi connectivity index (χ4n) is 4.32. The molecule has 10 heteroatoms. The smallest absolute Gasteiger partial charge is 0.336 e. The summed E-state index contributed by atoms with van der Waals surface area (Å²) in [6.07, 6.45) is 13.4. The van der Waals surface area contributed by atoms with Crippen molar-refractivity contribution in [2.45, 2.75) is 37.0 Å². The molecule has 0 fully saturated rings. The number of urea groups is 1. The lowest BCUT2D eigenvalue weighted by Crippen LogP contribution is -2.62. The summed E-state index contributed by atoms with van der Waals surface area (Å²) in [7, 11) is 3.79. The van der Waals surface area contributed by atoms with Crippen LogP contribution < -0.4 is 5.32 Å². The Morgan fingerprint density at radius 3 is 2.06 bits per heavy atom. The molecular weight excluding hydrogens is 461 g/mol. The maximum atomic E-state index is 16.6. The Hall–Kier alpha value is -1.77. The summed E-state index contributed by atoms with van der Waals surface area (Å²) in [5.74, 6) is 0.00823. The lowest BCUT2D eigenvalue weighted by Gasteiger charge is -2.52. The summed E-state index contributed by atoms with van der Waals surface area (Å²) in [4.78, 5) is 25.5. The summed E-state index contributed by atoms with van der Waals surface area (Å²) in [6.45, 7) is 0.226. The topological polar surface area (TPSA) is 65.0 Å². The van der Waals surface area contributed by atoms with Crippen molar-refractivity contribution < 1.29 is 13.6 Å². The van der Waals surface area contributed by atoms with Crippen LogP contribution in [0.15, 0.2) is 53.9 Å². The van der Waals surface area contributed by atoms with Gasteiger partial charge in [-0.15, -0.1) is 28.9 Å². The molecule has 2 unspecified atom stereocenters. The number of carbonyl (C=O) groups excluding carboxylic acids is 1. The molecule has 0 heterocycles.